The molecule has 1 aliphatic heterocycles. The highest BCUT2D eigenvalue weighted by molar-refractivity contribution is 6.04. The van der Waals surface area contributed by atoms with Gasteiger partial charge in [-0.3, -0.25) is 14.4 Å². The molecule has 2 atom stereocenters. The molecule has 0 unspecified atom stereocenters. The van der Waals surface area contributed by atoms with Crippen molar-refractivity contribution in [3.05, 3.63) is 54.2 Å². The first-order valence-electron chi connectivity index (χ1n) is 10.7. The quantitative estimate of drug-likeness (QED) is 0.368. The number of carboxylic acids is 1. The van der Waals surface area contributed by atoms with Crippen LogP contribution in [-0.2, 0) is 19.1 Å². The lowest BCUT2D eigenvalue weighted by Crippen LogP contribution is -2.33. The van der Waals surface area contributed by atoms with Crippen molar-refractivity contribution in [2.45, 2.75) is 6.18 Å². The highest BCUT2D eigenvalue weighted by atomic mass is 19.4. The lowest BCUT2D eigenvalue weighted by Gasteiger charge is -2.16. The molecule has 2 heterocycles. The van der Waals surface area contributed by atoms with E-state index in [0.717, 1.165) is 11.1 Å². The van der Waals surface area contributed by atoms with E-state index in [0.29, 0.717) is 29.9 Å². The first kappa shape index (κ1) is 27.1. The van der Waals surface area contributed by atoms with Crippen molar-refractivity contribution >= 4 is 40.3 Å². The topological polar surface area (TPSA) is 166 Å². The molecular formula is C23H22F3N5O6. The number of carbonyl (C=O) groups excluding carboxylic acids is 3. The molecule has 1 aliphatic rings. The number of amides is 2. The van der Waals surface area contributed by atoms with Gasteiger partial charge in [-0.1, -0.05) is 12.1 Å². The zero-order chi connectivity index (χ0) is 27.3. The number of methoxy groups -OCH3 is 1. The number of nitrogens with zero attached hydrogens (tertiary/aromatic N) is 2. The zero-order valence-electron chi connectivity index (χ0n) is 19.3. The number of esters is 1. The van der Waals surface area contributed by atoms with Crippen LogP contribution in [0.1, 0.15) is 10.4 Å². The number of benzene rings is 2. The predicted molar refractivity (Wildman–Crippen MR) is 124 cm³/mol. The summed E-state index contributed by atoms with van der Waals surface area (Å²) in [5, 5.41) is 18.3. The summed E-state index contributed by atoms with van der Waals surface area (Å²) < 4.78 is 38.2. The van der Waals surface area contributed by atoms with Crippen LogP contribution in [0.2, 0.25) is 0 Å². The van der Waals surface area contributed by atoms with E-state index in [9.17, 15) is 27.6 Å². The maximum absolute atomic E-state index is 12.6. The van der Waals surface area contributed by atoms with E-state index in [1.165, 1.54) is 7.11 Å². The molecule has 4 rings (SSSR count). The summed E-state index contributed by atoms with van der Waals surface area (Å²) in [4.78, 5) is 44.9. The van der Waals surface area contributed by atoms with Gasteiger partial charge in [-0.15, -0.1) is 0 Å². The Morgan fingerprint density at radius 1 is 1.11 bits per heavy atom. The number of carbonyl (C=O) groups is 4. The number of nitrogens with one attached hydrogen (secondary N) is 2. The molecule has 2 aromatic carbocycles. The third-order valence-electron chi connectivity index (χ3n) is 5.50. The van der Waals surface area contributed by atoms with Gasteiger partial charge in [0, 0.05) is 30.4 Å². The number of carboxylic acid groups (broad SMARTS) is 1. The molecule has 11 nitrogen and oxygen atoms in total. The van der Waals surface area contributed by atoms with Crippen molar-refractivity contribution < 1.29 is 42.2 Å². The van der Waals surface area contributed by atoms with Crippen LogP contribution in [0, 0.1) is 11.8 Å². The summed E-state index contributed by atoms with van der Waals surface area (Å²) in [6.07, 6.45) is -3.28. The van der Waals surface area contributed by atoms with Crippen molar-refractivity contribution in [1.29, 1.82) is 0 Å². The van der Waals surface area contributed by atoms with Crippen LogP contribution in [-0.4, -0.2) is 65.0 Å². The minimum absolute atomic E-state index is 0.237. The van der Waals surface area contributed by atoms with Crippen molar-refractivity contribution in [1.82, 2.24) is 15.1 Å². The zero-order valence-corrected chi connectivity index (χ0v) is 19.3. The number of fused-ring (bicyclic) bond motifs is 1. The molecular weight excluding hydrogens is 499 g/mol. The molecule has 0 aliphatic carbocycles. The molecule has 0 spiro atoms. The molecule has 1 saturated heterocycles. The lowest BCUT2D eigenvalue weighted by atomic mass is 9.95. The van der Waals surface area contributed by atoms with Gasteiger partial charge in [0.25, 0.3) is 5.91 Å². The number of aromatic nitrogens is 2. The Kier molecular flexibility index (Phi) is 8.12. The normalized spacial score (nSPS) is 17.0. The van der Waals surface area contributed by atoms with Crippen LogP contribution in [0.25, 0.3) is 16.6 Å². The number of hydrogen-bond acceptors (Lipinski definition) is 7. The molecule has 196 valence electrons. The minimum atomic E-state index is -5.08. The predicted octanol–water partition coefficient (Wildman–Crippen LogP) is 1.70. The molecule has 0 radical (unpaired) electrons. The van der Waals surface area contributed by atoms with Gasteiger partial charge >= 0.3 is 18.1 Å². The summed E-state index contributed by atoms with van der Waals surface area (Å²) >= 11 is 0. The van der Waals surface area contributed by atoms with Gasteiger partial charge in [0.2, 0.25) is 5.91 Å². The Labute approximate surface area is 207 Å². The summed E-state index contributed by atoms with van der Waals surface area (Å²) in [6, 6.07) is 12.4. The van der Waals surface area contributed by atoms with Gasteiger partial charge in [-0.2, -0.15) is 18.3 Å². The monoisotopic (exact) mass is 521 g/mol. The van der Waals surface area contributed by atoms with Gasteiger partial charge in [0.05, 0.1) is 30.2 Å². The van der Waals surface area contributed by atoms with Crippen LogP contribution in [0.5, 0.6) is 0 Å². The van der Waals surface area contributed by atoms with Gasteiger partial charge in [0.15, 0.2) is 0 Å². The average molecular weight is 521 g/mol. The maximum atomic E-state index is 12.6. The molecule has 1 fully saturated rings. The number of primary amides is 1. The number of alkyl halides is 3. The summed E-state index contributed by atoms with van der Waals surface area (Å²) in [7, 11) is 1.32. The van der Waals surface area contributed by atoms with Gasteiger partial charge < -0.3 is 26.2 Å². The number of halogens is 3. The van der Waals surface area contributed by atoms with Gasteiger partial charge in [-0.05, 0) is 30.3 Å². The summed E-state index contributed by atoms with van der Waals surface area (Å²) in [6.45, 7) is 0.843. The van der Waals surface area contributed by atoms with E-state index in [1.54, 1.807) is 47.3 Å². The Morgan fingerprint density at radius 3 is 2.30 bits per heavy atom. The molecule has 2 amide bonds. The van der Waals surface area contributed by atoms with Crippen molar-refractivity contribution in [3.8, 4) is 5.69 Å². The number of rotatable bonds is 5. The second kappa shape index (κ2) is 11.1. The van der Waals surface area contributed by atoms with Crippen LogP contribution >= 0.6 is 0 Å². The Balaban J connectivity index is 0.000000479. The fourth-order valence-corrected chi connectivity index (χ4v) is 3.66. The van der Waals surface area contributed by atoms with Crippen LogP contribution in [0.4, 0.5) is 18.9 Å². The van der Waals surface area contributed by atoms with Crippen molar-refractivity contribution in [3.63, 3.8) is 0 Å². The van der Waals surface area contributed by atoms with Crippen molar-refractivity contribution in [2.24, 2.45) is 17.6 Å². The molecule has 37 heavy (non-hydrogen) atoms. The van der Waals surface area contributed by atoms with Gasteiger partial charge in [0.1, 0.15) is 5.52 Å². The van der Waals surface area contributed by atoms with E-state index >= 15 is 0 Å². The molecule has 5 N–H and O–H groups in total. The average Bonchev–Trinajstić information content (AvgIpc) is 3.51. The van der Waals surface area contributed by atoms with E-state index < -0.39 is 35.9 Å². The first-order chi connectivity index (χ1) is 17.4. The largest absolute Gasteiger partial charge is 0.490 e. The fraction of sp³-hybridized carbons (Fsp3) is 0.261. The first-order valence-corrected chi connectivity index (χ1v) is 10.7. The Bertz CT molecular complexity index is 1320. The highest BCUT2D eigenvalue weighted by Gasteiger charge is 2.39. The summed E-state index contributed by atoms with van der Waals surface area (Å²) in [5.74, 6) is -4.90. The van der Waals surface area contributed by atoms with Crippen LogP contribution < -0.4 is 16.4 Å². The number of hydrogen-bond donors (Lipinski definition) is 4. The second-order valence-corrected chi connectivity index (χ2v) is 7.91. The van der Waals surface area contributed by atoms with E-state index in [4.69, 9.17) is 20.4 Å². The lowest BCUT2D eigenvalue weighted by molar-refractivity contribution is -0.192. The standard InChI is InChI=1S/C21H21N5O4.C2HF3O2/c1-30-21(29)17-10-23-9-16(17)20(28)24-13-5-7-14(8-6-13)26-11-12-3-2-4-15(19(22)27)18(12)25-26;3-2(4,5)1(6)7/h2-8,11,16-17,23H,9-10H2,1H3,(H2,22,27)(H,24,28);(H,6,7)/t16-,17+;/m1./s1. The van der Waals surface area contributed by atoms with E-state index in [-0.39, 0.29) is 5.91 Å². The fourth-order valence-electron chi connectivity index (χ4n) is 3.66. The number of aliphatic carboxylic acids is 1. The molecule has 0 saturated carbocycles. The highest BCUT2D eigenvalue weighted by Crippen LogP contribution is 2.23. The maximum Gasteiger partial charge on any atom is 0.490 e. The van der Waals surface area contributed by atoms with Crippen LogP contribution in [0.15, 0.2) is 48.7 Å². The minimum Gasteiger partial charge on any atom is -0.475 e. The van der Waals surface area contributed by atoms with Crippen LogP contribution in [0.3, 0.4) is 0 Å². The summed E-state index contributed by atoms with van der Waals surface area (Å²) in [5.41, 5.74) is 7.68. The molecule has 0 bridgehead atoms. The SMILES string of the molecule is COC(=O)[C@H]1CNC[C@H]1C(=O)Nc1ccc(-n2cc3cccc(C(N)=O)c3n2)cc1.O=C(O)C(F)(F)F. The Morgan fingerprint density at radius 2 is 1.73 bits per heavy atom. The van der Waals surface area contributed by atoms with E-state index in [1.807, 2.05) is 6.07 Å². The third kappa shape index (κ3) is 6.41. The number of nitrogens with two attached hydrogens (primary N) is 1. The third-order valence-corrected chi connectivity index (χ3v) is 5.50. The number of anilines is 1. The van der Waals surface area contributed by atoms with E-state index in [2.05, 4.69) is 15.7 Å². The molecule has 1 aromatic heterocycles. The van der Waals surface area contributed by atoms with Crippen molar-refractivity contribution in [2.75, 3.05) is 25.5 Å². The molecule has 14 heteroatoms. The molecule has 3 aromatic rings. The van der Waals surface area contributed by atoms with Gasteiger partial charge in [-0.25, -0.2) is 9.48 Å². The Hall–Kier alpha value is -4.46. The number of ether oxygens (including phenoxy) is 1. The smallest absolute Gasteiger partial charge is 0.475 e. The second-order valence-electron chi connectivity index (χ2n) is 7.91.